The monoisotopic (exact) mass is 236 g/mol. The number of rotatable bonds is 4. The van der Waals surface area contributed by atoms with Crippen molar-refractivity contribution in [1.82, 2.24) is 0 Å². The average molecular weight is 236 g/mol. The van der Waals surface area contributed by atoms with E-state index in [9.17, 15) is 0 Å². The van der Waals surface area contributed by atoms with Crippen LogP contribution in [0.25, 0.3) is 0 Å². The van der Waals surface area contributed by atoms with Crippen LogP contribution in [0, 0.1) is 11.8 Å². The fourth-order valence-electron chi connectivity index (χ4n) is 1.30. The maximum atomic E-state index is 2.32. The molecule has 0 aliphatic carbocycles. The predicted molar refractivity (Wildman–Crippen MR) is 69.3 cm³/mol. The molecule has 1 fully saturated rings. The predicted octanol–water partition coefficient (Wildman–Crippen LogP) is 4.86. The zero-order valence-electron chi connectivity index (χ0n) is 8.95. The molecule has 0 radical (unpaired) electrons. The molecule has 0 spiro atoms. The third-order valence-corrected chi connectivity index (χ3v) is 7.52. The Labute approximate surface area is 94.8 Å². The summed E-state index contributed by atoms with van der Waals surface area (Å²) < 4.78 is 1.71. The van der Waals surface area contributed by atoms with Crippen LogP contribution < -0.4 is 0 Å². The first-order chi connectivity index (χ1) is 6.08. The minimum Gasteiger partial charge on any atom is -0.131 e. The fourth-order valence-corrected chi connectivity index (χ4v) is 8.03. The van der Waals surface area contributed by atoms with Crippen LogP contribution in [-0.4, -0.2) is 9.16 Å². The second-order valence-electron chi connectivity index (χ2n) is 4.45. The van der Waals surface area contributed by atoms with Crippen molar-refractivity contribution < 1.29 is 0 Å². The van der Waals surface area contributed by atoms with Crippen LogP contribution in [0.4, 0.5) is 0 Å². The van der Waals surface area contributed by atoms with Gasteiger partial charge in [0.25, 0.3) is 0 Å². The molecule has 1 aliphatic rings. The molecule has 0 N–H and O–H groups in total. The Balaban J connectivity index is 2.20. The van der Waals surface area contributed by atoms with Crippen LogP contribution in [0.15, 0.2) is 0 Å². The molecule has 0 aromatic rings. The molecule has 0 amide bonds. The van der Waals surface area contributed by atoms with Crippen molar-refractivity contribution in [3.63, 3.8) is 0 Å². The van der Waals surface area contributed by atoms with Crippen LogP contribution in [-0.2, 0) is 0 Å². The molecule has 13 heavy (non-hydrogen) atoms. The molecular formula is C10H20S3. The Morgan fingerprint density at radius 1 is 0.846 bits per heavy atom. The molecule has 1 rings (SSSR count). The molecule has 0 aromatic heterocycles. The van der Waals surface area contributed by atoms with E-state index in [1.807, 2.05) is 0 Å². The third-order valence-electron chi connectivity index (χ3n) is 1.90. The van der Waals surface area contributed by atoms with Crippen LogP contribution in [0.5, 0.6) is 0 Å². The van der Waals surface area contributed by atoms with Gasteiger partial charge < -0.3 is 0 Å². The lowest BCUT2D eigenvalue weighted by Gasteiger charge is -2.12. The molecule has 1 saturated heterocycles. The van der Waals surface area contributed by atoms with Gasteiger partial charge >= 0.3 is 0 Å². The van der Waals surface area contributed by atoms with Crippen molar-refractivity contribution in [2.45, 2.75) is 49.7 Å². The van der Waals surface area contributed by atoms with E-state index < -0.39 is 0 Å². The fraction of sp³-hybridized carbons (Fsp3) is 1.00. The molecule has 1 heterocycles. The summed E-state index contributed by atoms with van der Waals surface area (Å²) in [5.41, 5.74) is 0. The summed E-state index contributed by atoms with van der Waals surface area (Å²) in [6.45, 7) is 9.28. The van der Waals surface area contributed by atoms with Crippen molar-refractivity contribution in [2.24, 2.45) is 11.8 Å². The zero-order valence-corrected chi connectivity index (χ0v) is 11.4. The van der Waals surface area contributed by atoms with Crippen molar-refractivity contribution in [1.29, 1.82) is 0 Å². The van der Waals surface area contributed by atoms with Crippen LogP contribution >= 0.6 is 33.3 Å². The first-order valence-corrected chi connectivity index (χ1v) is 8.27. The summed E-state index contributed by atoms with van der Waals surface area (Å²) in [6, 6.07) is 0. The SMILES string of the molecule is CC(C)C[C@@H]1SS[C@H](CC(C)C)S1. The van der Waals surface area contributed by atoms with Gasteiger partial charge in [0, 0.05) is 0 Å². The lowest BCUT2D eigenvalue weighted by atomic mass is 10.2. The number of hydrogen-bond acceptors (Lipinski definition) is 3. The third kappa shape index (κ3) is 4.89. The standard InChI is InChI=1S/C10H20S3/c1-7(2)5-9-11-10(13-12-9)6-8(3)4/h7-10H,5-6H2,1-4H3/t9-,10+. The largest absolute Gasteiger partial charge is 0.131 e. The van der Waals surface area contributed by atoms with Crippen molar-refractivity contribution >= 4 is 33.3 Å². The van der Waals surface area contributed by atoms with E-state index in [-0.39, 0.29) is 0 Å². The van der Waals surface area contributed by atoms with Crippen LogP contribution in [0.3, 0.4) is 0 Å². The molecule has 0 bridgehead atoms. The first kappa shape index (κ1) is 12.1. The van der Waals surface area contributed by atoms with Gasteiger partial charge in [-0.3, -0.25) is 0 Å². The molecule has 2 atom stereocenters. The van der Waals surface area contributed by atoms with E-state index in [0.717, 1.165) is 21.0 Å². The summed E-state index contributed by atoms with van der Waals surface area (Å²) in [5.74, 6) is 1.70. The van der Waals surface area contributed by atoms with E-state index >= 15 is 0 Å². The normalized spacial score (nSPS) is 29.1. The molecule has 1 aliphatic heterocycles. The lowest BCUT2D eigenvalue weighted by Crippen LogP contribution is -2.02. The molecular weight excluding hydrogens is 216 g/mol. The maximum Gasteiger partial charge on any atom is 0.0620 e. The molecule has 78 valence electrons. The Morgan fingerprint density at radius 3 is 1.54 bits per heavy atom. The van der Waals surface area contributed by atoms with Crippen molar-refractivity contribution in [3.05, 3.63) is 0 Å². The molecule has 0 aromatic carbocycles. The van der Waals surface area contributed by atoms with Gasteiger partial charge in [0.05, 0.1) is 9.16 Å². The van der Waals surface area contributed by atoms with Gasteiger partial charge in [0.2, 0.25) is 0 Å². The quantitative estimate of drug-likeness (QED) is 0.640. The average Bonchev–Trinajstić information content (AvgIpc) is 2.33. The van der Waals surface area contributed by atoms with Gasteiger partial charge in [-0.25, -0.2) is 0 Å². The summed E-state index contributed by atoms with van der Waals surface area (Å²) in [4.78, 5) is 0. The molecule has 0 saturated carbocycles. The summed E-state index contributed by atoms with van der Waals surface area (Å²) >= 11 is 2.19. The minimum atomic E-state index is 0.850. The Hall–Kier alpha value is 1.05. The zero-order chi connectivity index (χ0) is 9.84. The second kappa shape index (κ2) is 5.82. The van der Waals surface area contributed by atoms with Gasteiger partial charge in [0.15, 0.2) is 0 Å². The van der Waals surface area contributed by atoms with Crippen LogP contribution in [0.1, 0.15) is 40.5 Å². The van der Waals surface area contributed by atoms with Gasteiger partial charge in [-0.15, -0.1) is 11.8 Å². The lowest BCUT2D eigenvalue weighted by molar-refractivity contribution is 0.612. The van der Waals surface area contributed by atoms with Crippen molar-refractivity contribution in [2.75, 3.05) is 0 Å². The minimum absolute atomic E-state index is 0.850. The van der Waals surface area contributed by atoms with E-state index in [2.05, 4.69) is 61.0 Å². The van der Waals surface area contributed by atoms with E-state index in [4.69, 9.17) is 0 Å². The smallest absolute Gasteiger partial charge is 0.0620 e. The highest BCUT2D eigenvalue weighted by Gasteiger charge is 2.27. The Kier molecular flexibility index (Phi) is 5.42. The number of thioether (sulfide) groups is 1. The molecule has 0 unspecified atom stereocenters. The Bertz CT molecular complexity index is 129. The van der Waals surface area contributed by atoms with Gasteiger partial charge in [-0.05, 0) is 24.7 Å². The highest BCUT2D eigenvalue weighted by atomic mass is 33.1. The van der Waals surface area contributed by atoms with Crippen LogP contribution in [0.2, 0.25) is 0 Å². The van der Waals surface area contributed by atoms with Gasteiger partial charge in [-0.1, -0.05) is 49.3 Å². The van der Waals surface area contributed by atoms with E-state index in [0.29, 0.717) is 0 Å². The van der Waals surface area contributed by atoms with E-state index in [1.54, 1.807) is 0 Å². The summed E-state index contributed by atoms with van der Waals surface area (Å²) in [6.07, 6.45) is 2.74. The maximum absolute atomic E-state index is 2.32. The number of hydrogen-bond donors (Lipinski definition) is 0. The van der Waals surface area contributed by atoms with E-state index in [1.165, 1.54) is 12.8 Å². The highest BCUT2D eigenvalue weighted by Crippen LogP contribution is 2.54. The van der Waals surface area contributed by atoms with Gasteiger partial charge in [-0.2, -0.15) is 0 Å². The van der Waals surface area contributed by atoms with Crippen molar-refractivity contribution in [3.8, 4) is 0 Å². The second-order valence-corrected chi connectivity index (χ2v) is 9.13. The topological polar surface area (TPSA) is 0 Å². The first-order valence-electron chi connectivity index (χ1n) is 5.05. The molecule has 0 nitrogen and oxygen atoms in total. The Morgan fingerprint density at radius 2 is 1.23 bits per heavy atom. The summed E-state index contributed by atoms with van der Waals surface area (Å²) in [7, 11) is 4.20. The summed E-state index contributed by atoms with van der Waals surface area (Å²) in [5, 5.41) is 0. The van der Waals surface area contributed by atoms with Gasteiger partial charge in [0.1, 0.15) is 0 Å². The molecule has 3 heteroatoms. The highest BCUT2D eigenvalue weighted by molar-refractivity contribution is 8.82.